The summed E-state index contributed by atoms with van der Waals surface area (Å²) in [4.78, 5) is 12.3. The van der Waals surface area contributed by atoms with Gasteiger partial charge in [-0.3, -0.25) is 4.79 Å². The van der Waals surface area contributed by atoms with Crippen LogP contribution in [-0.2, 0) is 10.0 Å². The number of tetrazole rings is 1. The number of hydrogen-bond acceptors (Lipinski definition) is 7. The molecule has 0 fully saturated rings. The van der Waals surface area contributed by atoms with E-state index in [2.05, 4.69) is 20.6 Å². The molecular weight excluding hydrogens is 430 g/mol. The van der Waals surface area contributed by atoms with Crippen LogP contribution < -0.4 is 0 Å². The summed E-state index contributed by atoms with van der Waals surface area (Å²) in [5.41, 5.74) is 0.980. The van der Waals surface area contributed by atoms with Crippen LogP contribution in [0.1, 0.15) is 21.7 Å². The molecule has 0 aliphatic rings. The van der Waals surface area contributed by atoms with Crippen LogP contribution in [0.4, 0.5) is 0 Å². The van der Waals surface area contributed by atoms with Gasteiger partial charge in [0.25, 0.3) is 10.0 Å². The molecule has 0 aliphatic carbocycles. The zero-order chi connectivity index (χ0) is 21.5. The van der Waals surface area contributed by atoms with Crippen LogP contribution in [0.3, 0.4) is 0 Å². The number of rotatable bonds is 5. The van der Waals surface area contributed by atoms with E-state index in [1.807, 2.05) is 0 Å². The van der Waals surface area contributed by atoms with Crippen molar-refractivity contribution in [2.75, 3.05) is 0 Å². The first-order chi connectivity index (χ1) is 14.3. The number of benzene rings is 2. The molecule has 0 radical (unpaired) electrons. The molecule has 4 rings (SSSR count). The molecule has 0 saturated carbocycles. The largest absolute Gasteiger partial charge is 0.507 e. The van der Waals surface area contributed by atoms with E-state index in [1.165, 1.54) is 24.4 Å². The highest BCUT2D eigenvalue weighted by Gasteiger charge is 2.24. The Morgan fingerprint density at radius 1 is 1.23 bits per heavy atom. The summed E-state index contributed by atoms with van der Waals surface area (Å²) >= 11 is 6.09. The standard InChI is InChI=1S/C19H14ClN5O4S/c1-11-4-2-3-5-18(11)30(28,29)25-10-14(13-8-12(20)6-7-15(13)25)16(26)9-17(27)19-21-23-24-22-19/h2-10,26H,1H3,(H,21,22,23,24)/b16-9+. The Balaban J connectivity index is 1.92. The Kier molecular flexibility index (Phi) is 4.88. The van der Waals surface area contributed by atoms with Gasteiger partial charge in [0.05, 0.1) is 10.4 Å². The van der Waals surface area contributed by atoms with Gasteiger partial charge in [0.1, 0.15) is 5.76 Å². The highest BCUT2D eigenvalue weighted by molar-refractivity contribution is 7.90. The molecule has 0 unspecified atom stereocenters. The fourth-order valence-electron chi connectivity index (χ4n) is 3.06. The number of nitrogens with one attached hydrogen (secondary N) is 1. The topological polar surface area (TPSA) is 131 Å². The van der Waals surface area contributed by atoms with Gasteiger partial charge in [-0.05, 0) is 42.0 Å². The Labute approximate surface area is 175 Å². The van der Waals surface area contributed by atoms with E-state index < -0.39 is 21.6 Å². The molecule has 2 aromatic carbocycles. The lowest BCUT2D eigenvalue weighted by molar-refractivity contribution is 0.103. The van der Waals surface area contributed by atoms with E-state index in [0.29, 0.717) is 21.5 Å². The smallest absolute Gasteiger partial charge is 0.268 e. The van der Waals surface area contributed by atoms with Gasteiger partial charge < -0.3 is 5.11 Å². The van der Waals surface area contributed by atoms with E-state index in [4.69, 9.17) is 11.6 Å². The van der Waals surface area contributed by atoms with Crippen LogP contribution in [0.25, 0.3) is 16.7 Å². The predicted octanol–water partition coefficient (Wildman–Crippen LogP) is 3.14. The van der Waals surface area contributed by atoms with Gasteiger partial charge in [0.15, 0.2) is 0 Å². The van der Waals surface area contributed by atoms with Crippen molar-refractivity contribution in [1.29, 1.82) is 0 Å². The van der Waals surface area contributed by atoms with Crippen LogP contribution in [0.5, 0.6) is 0 Å². The third kappa shape index (κ3) is 3.36. The molecule has 0 atom stereocenters. The number of aliphatic hydroxyl groups excluding tert-OH is 1. The minimum absolute atomic E-state index is 0.113. The fourth-order valence-corrected chi connectivity index (χ4v) is 4.83. The highest BCUT2D eigenvalue weighted by atomic mass is 35.5. The van der Waals surface area contributed by atoms with Crippen molar-refractivity contribution >= 4 is 44.1 Å². The van der Waals surface area contributed by atoms with Crippen molar-refractivity contribution in [1.82, 2.24) is 24.6 Å². The number of H-pyrrole nitrogens is 1. The number of aromatic nitrogens is 5. The molecule has 0 bridgehead atoms. The Bertz CT molecular complexity index is 1410. The first kappa shape index (κ1) is 19.8. The number of nitrogens with zero attached hydrogens (tertiary/aromatic N) is 4. The maximum Gasteiger partial charge on any atom is 0.268 e. The number of aromatic amines is 1. The van der Waals surface area contributed by atoms with Crippen LogP contribution in [-0.4, -0.2) is 43.9 Å². The zero-order valence-electron chi connectivity index (χ0n) is 15.4. The molecule has 9 nitrogen and oxygen atoms in total. The number of ketones is 1. The number of hydrogen-bond donors (Lipinski definition) is 2. The number of carbonyl (C=O) groups excluding carboxylic acids is 1. The van der Waals surface area contributed by atoms with E-state index in [1.54, 1.807) is 31.2 Å². The number of halogens is 1. The fraction of sp³-hybridized carbons (Fsp3) is 0.0526. The lowest BCUT2D eigenvalue weighted by Crippen LogP contribution is -2.13. The molecule has 2 aromatic heterocycles. The van der Waals surface area contributed by atoms with Gasteiger partial charge in [0.2, 0.25) is 11.6 Å². The predicted molar refractivity (Wildman–Crippen MR) is 110 cm³/mol. The Hall–Kier alpha value is -3.50. The average Bonchev–Trinajstić information content (AvgIpc) is 3.36. The molecule has 4 aromatic rings. The van der Waals surface area contributed by atoms with Crippen LogP contribution in [0.2, 0.25) is 5.02 Å². The SMILES string of the molecule is Cc1ccccc1S(=O)(=O)n1cc(/C(O)=C\C(=O)c2nn[nH]n2)c2cc(Cl)ccc21. The first-order valence-corrected chi connectivity index (χ1v) is 10.4. The Morgan fingerprint density at radius 2 is 2.00 bits per heavy atom. The minimum Gasteiger partial charge on any atom is -0.507 e. The second kappa shape index (κ2) is 7.39. The molecule has 152 valence electrons. The average molecular weight is 444 g/mol. The number of aliphatic hydroxyl groups is 1. The molecule has 2 N–H and O–H groups in total. The van der Waals surface area contributed by atoms with Crippen molar-refractivity contribution in [3.8, 4) is 0 Å². The van der Waals surface area contributed by atoms with Crippen molar-refractivity contribution < 1.29 is 18.3 Å². The summed E-state index contributed by atoms with van der Waals surface area (Å²) in [5, 5.41) is 23.8. The molecule has 30 heavy (non-hydrogen) atoms. The summed E-state index contributed by atoms with van der Waals surface area (Å²) in [6.07, 6.45) is 2.14. The number of aryl methyl sites for hydroxylation is 1. The highest BCUT2D eigenvalue weighted by Crippen LogP contribution is 2.32. The molecule has 11 heteroatoms. The van der Waals surface area contributed by atoms with E-state index >= 15 is 0 Å². The summed E-state index contributed by atoms with van der Waals surface area (Å²) < 4.78 is 27.7. The van der Waals surface area contributed by atoms with Crippen LogP contribution >= 0.6 is 11.6 Å². The van der Waals surface area contributed by atoms with Gasteiger partial charge in [-0.1, -0.05) is 29.8 Å². The lowest BCUT2D eigenvalue weighted by Gasteiger charge is -2.09. The summed E-state index contributed by atoms with van der Waals surface area (Å²) in [6, 6.07) is 11.2. The van der Waals surface area contributed by atoms with Crippen LogP contribution in [0, 0.1) is 6.92 Å². The van der Waals surface area contributed by atoms with Gasteiger partial charge in [-0.25, -0.2) is 12.4 Å². The maximum atomic E-state index is 13.3. The van der Waals surface area contributed by atoms with Gasteiger partial charge in [-0.2, -0.15) is 5.21 Å². The number of fused-ring (bicyclic) bond motifs is 1. The summed E-state index contributed by atoms with van der Waals surface area (Å²) in [7, 11) is -3.98. The normalized spacial score (nSPS) is 12.4. The minimum atomic E-state index is -3.98. The third-order valence-electron chi connectivity index (χ3n) is 4.47. The summed E-state index contributed by atoms with van der Waals surface area (Å²) in [5.74, 6) is -1.41. The Morgan fingerprint density at radius 3 is 2.70 bits per heavy atom. The van der Waals surface area contributed by atoms with Gasteiger partial charge in [0, 0.05) is 28.2 Å². The molecular formula is C19H14ClN5O4S. The van der Waals surface area contributed by atoms with Crippen molar-refractivity contribution in [2.45, 2.75) is 11.8 Å². The second-order valence-corrected chi connectivity index (χ2v) is 8.62. The molecule has 0 amide bonds. The van der Waals surface area contributed by atoms with Crippen molar-refractivity contribution in [3.05, 3.63) is 76.7 Å². The van der Waals surface area contributed by atoms with E-state index in [9.17, 15) is 18.3 Å². The molecule has 0 spiro atoms. The van der Waals surface area contributed by atoms with E-state index in [0.717, 1.165) is 10.0 Å². The van der Waals surface area contributed by atoms with Crippen molar-refractivity contribution in [3.63, 3.8) is 0 Å². The quantitative estimate of drug-likeness (QED) is 0.275. The molecule has 2 heterocycles. The summed E-state index contributed by atoms with van der Waals surface area (Å²) in [6.45, 7) is 1.69. The lowest BCUT2D eigenvalue weighted by atomic mass is 10.1. The monoisotopic (exact) mass is 443 g/mol. The van der Waals surface area contributed by atoms with Crippen LogP contribution in [0.15, 0.2) is 59.6 Å². The number of carbonyl (C=O) groups is 1. The van der Waals surface area contributed by atoms with Gasteiger partial charge in [-0.15, -0.1) is 10.2 Å². The first-order valence-electron chi connectivity index (χ1n) is 8.59. The second-order valence-electron chi connectivity index (χ2n) is 6.40. The third-order valence-corrected chi connectivity index (χ3v) is 6.54. The van der Waals surface area contributed by atoms with Crippen molar-refractivity contribution in [2.24, 2.45) is 0 Å². The zero-order valence-corrected chi connectivity index (χ0v) is 17.0. The number of allylic oxidation sites excluding steroid dienone is 1. The van der Waals surface area contributed by atoms with E-state index in [-0.39, 0.29) is 16.3 Å². The van der Waals surface area contributed by atoms with Gasteiger partial charge >= 0.3 is 0 Å². The molecule has 0 aliphatic heterocycles. The maximum absolute atomic E-state index is 13.3. The molecule has 0 saturated heterocycles.